The van der Waals surface area contributed by atoms with Gasteiger partial charge in [0.05, 0.1) is 0 Å². The lowest BCUT2D eigenvalue weighted by Gasteiger charge is -2.32. The highest BCUT2D eigenvalue weighted by atomic mass is 14.9. The van der Waals surface area contributed by atoms with Crippen LogP contribution in [0.5, 0.6) is 0 Å². The normalized spacial score (nSPS) is 23.1. The van der Waals surface area contributed by atoms with Crippen molar-refractivity contribution in [3.05, 3.63) is 35.4 Å². The van der Waals surface area contributed by atoms with Gasteiger partial charge in [-0.15, -0.1) is 0 Å². The van der Waals surface area contributed by atoms with E-state index in [1.54, 1.807) is 0 Å². The summed E-state index contributed by atoms with van der Waals surface area (Å²) in [5.41, 5.74) is 8.63. The molecule has 0 aliphatic heterocycles. The van der Waals surface area contributed by atoms with E-state index in [2.05, 4.69) is 43.4 Å². The molecule has 2 heteroatoms. The Bertz CT molecular complexity index is 350. The number of nitrogens with one attached hydrogen (secondary N) is 1. The lowest BCUT2D eigenvalue weighted by Crippen LogP contribution is -2.41. The molecule has 0 aromatic heterocycles. The zero-order chi connectivity index (χ0) is 13.0. The Hall–Kier alpha value is -0.860. The van der Waals surface area contributed by atoms with Gasteiger partial charge in [0, 0.05) is 6.04 Å². The van der Waals surface area contributed by atoms with Gasteiger partial charge in [-0.3, -0.25) is 0 Å². The van der Waals surface area contributed by atoms with Crippen LogP contribution >= 0.6 is 0 Å². The van der Waals surface area contributed by atoms with E-state index in [-0.39, 0.29) is 0 Å². The van der Waals surface area contributed by atoms with Crippen LogP contribution in [0.25, 0.3) is 0 Å². The monoisotopic (exact) mass is 246 g/mol. The van der Waals surface area contributed by atoms with Gasteiger partial charge in [0.25, 0.3) is 0 Å². The lowest BCUT2D eigenvalue weighted by atomic mass is 9.81. The van der Waals surface area contributed by atoms with E-state index >= 15 is 0 Å². The third kappa shape index (κ3) is 3.82. The van der Waals surface area contributed by atoms with Crippen molar-refractivity contribution in [3.8, 4) is 0 Å². The number of hydrogen-bond donors (Lipinski definition) is 2. The Morgan fingerprint density at radius 2 is 1.89 bits per heavy atom. The summed E-state index contributed by atoms with van der Waals surface area (Å²) in [5.74, 6) is 1.45. The first kappa shape index (κ1) is 13.6. The van der Waals surface area contributed by atoms with Crippen LogP contribution in [0.15, 0.2) is 24.3 Å². The maximum Gasteiger partial charge on any atom is 0.00450 e. The van der Waals surface area contributed by atoms with E-state index in [1.807, 2.05) is 0 Å². The smallest absolute Gasteiger partial charge is 0.00450 e. The molecule has 1 fully saturated rings. The Labute approximate surface area is 111 Å². The fourth-order valence-corrected chi connectivity index (χ4v) is 2.56. The second-order valence-electron chi connectivity index (χ2n) is 5.95. The number of rotatable bonds is 6. The van der Waals surface area contributed by atoms with Gasteiger partial charge < -0.3 is 11.1 Å². The average molecular weight is 246 g/mol. The van der Waals surface area contributed by atoms with Crippen LogP contribution in [-0.2, 0) is 6.42 Å². The van der Waals surface area contributed by atoms with E-state index in [4.69, 9.17) is 5.73 Å². The lowest BCUT2D eigenvalue weighted by molar-refractivity contribution is 0.257. The summed E-state index contributed by atoms with van der Waals surface area (Å²) in [5, 5.41) is 3.54. The molecule has 1 aromatic rings. The predicted octanol–water partition coefficient (Wildman–Crippen LogP) is 2.68. The highest BCUT2D eigenvalue weighted by molar-refractivity contribution is 5.24. The van der Waals surface area contributed by atoms with E-state index in [0.717, 1.165) is 25.4 Å². The zero-order valence-electron chi connectivity index (χ0n) is 11.7. The topological polar surface area (TPSA) is 38.0 Å². The standard InChI is InChI=1S/C16H26N2/c1-12(2)15-5-3-13(4-6-15)7-8-18-11-14-9-16(17)10-14/h3-6,12,14,16,18H,7-11,17H2,1-2H3. The van der Waals surface area contributed by atoms with Crippen LogP contribution in [-0.4, -0.2) is 19.1 Å². The van der Waals surface area contributed by atoms with Crippen molar-refractivity contribution >= 4 is 0 Å². The summed E-state index contributed by atoms with van der Waals surface area (Å²) in [6.45, 7) is 6.68. The van der Waals surface area contributed by atoms with Gasteiger partial charge in [0.2, 0.25) is 0 Å². The molecule has 2 nitrogen and oxygen atoms in total. The first-order valence-electron chi connectivity index (χ1n) is 7.20. The van der Waals surface area contributed by atoms with Gasteiger partial charge in [0.15, 0.2) is 0 Å². The van der Waals surface area contributed by atoms with Crippen LogP contribution in [0.4, 0.5) is 0 Å². The molecule has 1 aliphatic carbocycles. The van der Waals surface area contributed by atoms with E-state index in [9.17, 15) is 0 Å². The minimum atomic E-state index is 0.473. The van der Waals surface area contributed by atoms with E-state index < -0.39 is 0 Å². The minimum Gasteiger partial charge on any atom is -0.328 e. The van der Waals surface area contributed by atoms with Crippen LogP contribution in [0.3, 0.4) is 0 Å². The molecule has 0 atom stereocenters. The summed E-state index contributed by atoms with van der Waals surface area (Å²) in [6.07, 6.45) is 3.53. The molecule has 2 rings (SSSR count). The fraction of sp³-hybridized carbons (Fsp3) is 0.625. The van der Waals surface area contributed by atoms with Crippen LogP contribution in [0, 0.1) is 5.92 Å². The Kier molecular flexibility index (Phi) is 4.79. The van der Waals surface area contributed by atoms with Gasteiger partial charge in [-0.2, -0.15) is 0 Å². The molecule has 1 aromatic carbocycles. The molecule has 0 unspecified atom stereocenters. The molecule has 0 amide bonds. The summed E-state index contributed by atoms with van der Waals surface area (Å²) >= 11 is 0. The molecule has 100 valence electrons. The summed E-state index contributed by atoms with van der Waals surface area (Å²) in [7, 11) is 0. The van der Waals surface area contributed by atoms with Crippen LogP contribution < -0.4 is 11.1 Å². The maximum absolute atomic E-state index is 5.77. The molecular weight excluding hydrogens is 220 g/mol. The Balaban J connectivity index is 1.64. The van der Waals surface area contributed by atoms with Gasteiger partial charge in [0.1, 0.15) is 0 Å². The van der Waals surface area contributed by atoms with E-state index in [0.29, 0.717) is 12.0 Å². The third-order valence-corrected chi connectivity index (χ3v) is 3.94. The molecular formula is C16H26N2. The van der Waals surface area contributed by atoms with Crippen LogP contribution in [0.1, 0.15) is 43.7 Å². The summed E-state index contributed by atoms with van der Waals surface area (Å²) in [6, 6.07) is 9.50. The molecule has 0 radical (unpaired) electrons. The highest BCUT2D eigenvalue weighted by Crippen LogP contribution is 2.24. The molecule has 1 aliphatic rings. The maximum atomic E-state index is 5.77. The molecule has 1 saturated carbocycles. The largest absolute Gasteiger partial charge is 0.328 e. The van der Waals surface area contributed by atoms with Gasteiger partial charge >= 0.3 is 0 Å². The Morgan fingerprint density at radius 1 is 1.22 bits per heavy atom. The zero-order valence-corrected chi connectivity index (χ0v) is 11.7. The third-order valence-electron chi connectivity index (χ3n) is 3.94. The van der Waals surface area contributed by atoms with Gasteiger partial charge in [-0.05, 0) is 55.3 Å². The van der Waals surface area contributed by atoms with Gasteiger partial charge in [-0.25, -0.2) is 0 Å². The van der Waals surface area contributed by atoms with Crippen LogP contribution in [0.2, 0.25) is 0 Å². The van der Waals surface area contributed by atoms with Gasteiger partial charge in [-0.1, -0.05) is 38.1 Å². The van der Waals surface area contributed by atoms with Crippen molar-refractivity contribution in [2.45, 2.75) is 45.1 Å². The minimum absolute atomic E-state index is 0.473. The highest BCUT2D eigenvalue weighted by Gasteiger charge is 2.24. The Morgan fingerprint density at radius 3 is 2.44 bits per heavy atom. The molecule has 0 saturated heterocycles. The summed E-state index contributed by atoms with van der Waals surface area (Å²) in [4.78, 5) is 0. The average Bonchev–Trinajstić information content (AvgIpc) is 2.32. The second kappa shape index (κ2) is 6.35. The van der Waals surface area contributed by atoms with Crippen molar-refractivity contribution < 1.29 is 0 Å². The van der Waals surface area contributed by atoms with Crippen molar-refractivity contribution in [2.75, 3.05) is 13.1 Å². The molecule has 0 bridgehead atoms. The van der Waals surface area contributed by atoms with Crippen molar-refractivity contribution in [3.63, 3.8) is 0 Å². The predicted molar refractivity (Wildman–Crippen MR) is 77.8 cm³/mol. The fourth-order valence-electron chi connectivity index (χ4n) is 2.56. The first-order chi connectivity index (χ1) is 8.65. The molecule has 3 N–H and O–H groups in total. The summed E-state index contributed by atoms with van der Waals surface area (Å²) < 4.78 is 0. The first-order valence-corrected chi connectivity index (χ1v) is 7.20. The number of nitrogens with two attached hydrogens (primary N) is 1. The van der Waals surface area contributed by atoms with Crippen molar-refractivity contribution in [2.24, 2.45) is 11.7 Å². The number of benzene rings is 1. The SMILES string of the molecule is CC(C)c1ccc(CCNCC2CC(N)C2)cc1. The molecule has 18 heavy (non-hydrogen) atoms. The van der Waals surface area contributed by atoms with Crippen molar-refractivity contribution in [1.29, 1.82) is 0 Å². The quantitative estimate of drug-likeness (QED) is 0.757. The molecule has 0 heterocycles. The molecule has 0 spiro atoms. The second-order valence-corrected chi connectivity index (χ2v) is 5.95. The number of hydrogen-bond acceptors (Lipinski definition) is 2. The van der Waals surface area contributed by atoms with E-state index in [1.165, 1.54) is 24.0 Å². The van der Waals surface area contributed by atoms with Crippen molar-refractivity contribution in [1.82, 2.24) is 5.32 Å².